The fourth-order valence-corrected chi connectivity index (χ4v) is 5.02. The minimum absolute atomic E-state index is 0.159. The third kappa shape index (κ3) is 5.70. The van der Waals surface area contributed by atoms with Crippen molar-refractivity contribution in [1.82, 2.24) is 9.80 Å². The van der Waals surface area contributed by atoms with Crippen LogP contribution in [0.25, 0.3) is 0 Å². The van der Waals surface area contributed by atoms with Gasteiger partial charge >= 0.3 is 0 Å². The van der Waals surface area contributed by atoms with Gasteiger partial charge in [0.2, 0.25) is 0 Å². The Labute approximate surface area is 218 Å². The van der Waals surface area contributed by atoms with Gasteiger partial charge in [0.15, 0.2) is 34.5 Å². The highest BCUT2D eigenvalue weighted by Gasteiger charge is 2.33. The van der Waals surface area contributed by atoms with Crippen molar-refractivity contribution in [2.75, 3.05) is 48.6 Å². The van der Waals surface area contributed by atoms with Gasteiger partial charge in [0.25, 0.3) is 0 Å². The molecule has 1 N–H and O–H groups in total. The normalized spacial score (nSPS) is 14.8. The van der Waals surface area contributed by atoms with E-state index in [1.54, 1.807) is 41.6 Å². The Hall–Kier alpha value is -3.62. The molecule has 0 aromatic heterocycles. The van der Waals surface area contributed by atoms with Crippen LogP contribution in [0.3, 0.4) is 0 Å². The van der Waals surface area contributed by atoms with Crippen LogP contribution in [0.5, 0.6) is 34.5 Å². The van der Waals surface area contributed by atoms with Gasteiger partial charge in [0, 0.05) is 31.7 Å². The van der Waals surface area contributed by atoms with Crippen molar-refractivity contribution >= 4 is 0 Å². The predicted molar refractivity (Wildman–Crippen MR) is 142 cm³/mol. The summed E-state index contributed by atoms with van der Waals surface area (Å²) in [6, 6.07) is 17.6. The lowest BCUT2D eigenvalue weighted by Crippen LogP contribution is -2.46. The predicted octanol–water partition coefficient (Wildman–Crippen LogP) is 4.84. The Bertz CT molecular complexity index is 1140. The van der Waals surface area contributed by atoms with E-state index in [0.29, 0.717) is 41.8 Å². The lowest BCUT2D eigenvalue weighted by atomic mass is 10.0. The molecule has 1 aliphatic rings. The van der Waals surface area contributed by atoms with Crippen LogP contribution < -0.4 is 23.7 Å². The van der Waals surface area contributed by atoms with Gasteiger partial charge in [-0.05, 0) is 47.9 Å². The van der Waals surface area contributed by atoms with E-state index in [1.165, 1.54) is 0 Å². The van der Waals surface area contributed by atoms with Crippen LogP contribution in [0, 0.1) is 0 Å². The molecule has 0 bridgehead atoms. The molecule has 8 heteroatoms. The summed E-state index contributed by atoms with van der Waals surface area (Å²) in [4.78, 5) is 4.75. The van der Waals surface area contributed by atoms with Crippen LogP contribution in [-0.4, -0.2) is 63.5 Å². The monoisotopic (exact) mass is 508 g/mol. The van der Waals surface area contributed by atoms with Crippen molar-refractivity contribution in [3.8, 4) is 34.5 Å². The van der Waals surface area contributed by atoms with Crippen LogP contribution in [0.2, 0.25) is 0 Å². The van der Waals surface area contributed by atoms with Crippen LogP contribution in [0.1, 0.15) is 29.3 Å². The van der Waals surface area contributed by atoms with Crippen molar-refractivity contribution in [2.24, 2.45) is 0 Å². The van der Waals surface area contributed by atoms with E-state index in [9.17, 15) is 5.11 Å². The van der Waals surface area contributed by atoms with Crippen molar-refractivity contribution in [3.63, 3.8) is 0 Å². The van der Waals surface area contributed by atoms with Crippen molar-refractivity contribution in [1.29, 1.82) is 0 Å². The number of hydrogen-bond acceptors (Lipinski definition) is 8. The molecule has 8 nitrogen and oxygen atoms in total. The third-order valence-corrected chi connectivity index (χ3v) is 6.78. The van der Waals surface area contributed by atoms with Crippen molar-refractivity contribution in [2.45, 2.75) is 25.7 Å². The lowest BCUT2D eigenvalue weighted by molar-refractivity contribution is -0.0106. The van der Waals surface area contributed by atoms with Crippen LogP contribution in [-0.2, 0) is 13.1 Å². The zero-order valence-corrected chi connectivity index (χ0v) is 22.2. The number of para-hydroxylation sites is 1. The number of methoxy groups -OCH3 is 5. The summed E-state index contributed by atoms with van der Waals surface area (Å²) in [5.74, 6) is 3.40. The second-order valence-corrected chi connectivity index (χ2v) is 8.94. The second kappa shape index (κ2) is 12.1. The van der Waals surface area contributed by atoms with E-state index < -0.39 is 0 Å². The lowest BCUT2D eigenvalue weighted by Gasteiger charge is -2.44. The van der Waals surface area contributed by atoms with E-state index in [4.69, 9.17) is 23.7 Å². The molecule has 0 unspecified atom stereocenters. The van der Waals surface area contributed by atoms with E-state index >= 15 is 0 Å². The second-order valence-electron chi connectivity index (χ2n) is 8.94. The first-order valence-electron chi connectivity index (χ1n) is 12.3. The van der Waals surface area contributed by atoms with Crippen LogP contribution in [0.4, 0.5) is 0 Å². The SMILES string of the molecule is COc1ccc(CN2CCCN(Cc3ccc(OC)c(OC)c3)C2c2cccc(OC)c2O)cc1OC. The molecule has 198 valence electrons. The maximum Gasteiger partial charge on any atom is 0.163 e. The average Bonchev–Trinajstić information content (AvgIpc) is 2.93. The van der Waals surface area contributed by atoms with Gasteiger partial charge < -0.3 is 28.8 Å². The molecule has 0 radical (unpaired) electrons. The molecular formula is C29H36N2O6. The Kier molecular flexibility index (Phi) is 8.63. The van der Waals surface area contributed by atoms with Crippen molar-refractivity contribution in [3.05, 3.63) is 71.3 Å². The molecule has 0 saturated carbocycles. The number of ether oxygens (including phenoxy) is 5. The maximum absolute atomic E-state index is 11.2. The standard InChI is InChI=1S/C29H36N2O6/c1-33-23-12-10-20(16-26(23)36-4)18-30-14-7-15-31(19-21-11-13-24(34-2)27(17-21)37-5)29(30)22-8-6-9-25(35-3)28(22)32/h6,8-13,16-17,29,32H,7,14-15,18-19H2,1-5H3. The van der Waals surface area contributed by atoms with E-state index in [0.717, 1.165) is 36.2 Å². The number of phenols is 1. The third-order valence-electron chi connectivity index (χ3n) is 6.78. The molecule has 0 aliphatic carbocycles. The molecule has 0 atom stereocenters. The first-order valence-corrected chi connectivity index (χ1v) is 12.3. The first kappa shape index (κ1) is 26.4. The molecule has 4 rings (SSSR count). The summed E-state index contributed by atoms with van der Waals surface area (Å²) in [7, 11) is 8.13. The number of aromatic hydroxyl groups is 1. The molecular weight excluding hydrogens is 472 g/mol. The smallest absolute Gasteiger partial charge is 0.163 e. The summed E-state index contributed by atoms with van der Waals surface area (Å²) in [6.45, 7) is 3.09. The number of benzene rings is 3. The molecule has 1 aliphatic heterocycles. The van der Waals surface area contributed by atoms with E-state index in [-0.39, 0.29) is 11.9 Å². The molecule has 1 fully saturated rings. The topological polar surface area (TPSA) is 72.9 Å². The fraction of sp³-hybridized carbons (Fsp3) is 0.379. The van der Waals surface area contributed by atoms with Crippen LogP contribution >= 0.6 is 0 Å². The highest BCUT2D eigenvalue weighted by atomic mass is 16.5. The number of rotatable bonds is 10. The van der Waals surface area contributed by atoms with Gasteiger partial charge in [-0.15, -0.1) is 0 Å². The first-order chi connectivity index (χ1) is 18.0. The van der Waals surface area contributed by atoms with Gasteiger partial charge in [-0.2, -0.15) is 0 Å². The number of hydrogen-bond donors (Lipinski definition) is 1. The summed E-state index contributed by atoms with van der Waals surface area (Å²) in [5.41, 5.74) is 3.00. The molecule has 0 spiro atoms. The zero-order valence-electron chi connectivity index (χ0n) is 22.2. The summed E-state index contributed by atoms with van der Waals surface area (Å²) >= 11 is 0. The van der Waals surface area contributed by atoms with Crippen molar-refractivity contribution < 1.29 is 28.8 Å². The molecule has 0 amide bonds. The Morgan fingerprint density at radius 2 is 1.14 bits per heavy atom. The Morgan fingerprint density at radius 3 is 1.59 bits per heavy atom. The quantitative estimate of drug-likeness (QED) is 0.417. The summed E-state index contributed by atoms with van der Waals surface area (Å²) in [6.07, 6.45) is 0.812. The summed E-state index contributed by atoms with van der Waals surface area (Å²) < 4.78 is 27.4. The molecule has 3 aromatic rings. The zero-order chi connectivity index (χ0) is 26.4. The van der Waals surface area contributed by atoms with E-state index in [2.05, 4.69) is 21.9 Å². The highest BCUT2D eigenvalue weighted by Crippen LogP contribution is 2.41. The largest absolute Gasteiger partial charge is 0.504 e. The number of nitrogens with zero attached hydrogens (tertiary/aromatic N) is 2. The molecule has 37 heavy (non-hydrogen) atoms. The fourth-order valence-electron chi connectivity index (χ4n) is 5.02. The van der Waals surface area contributed by atoms with Gasteiger partial charge in [-0.25, -0.2) is 0 Å². The molecule has 1 heterocycles. The average molecular weight is 509 g/mol. The van der Waals surface area contributed by atoms with Gasteiger partial charge in [0.1, 0.15) is 0 Å². The van der Waals surface area contributed by atoms with E-state index in [1.807, 2.05) is 36.4 Å². The molecule has 1 saturated heterocycles. The van der Waals surface area contributed by atoms with Crippen LogP contribution in [0.15, 0.2) is 54.6 Å². The highest BCUT2D eigenvalue weighted by molar-refractivity contribution is 5.48. The minimum atomic E-state index is -0.176. The Balaban J connectivity index is 1.71. The van der Waals surface area contributed by atoms with Gasteiger partial charge in [-0.1, -0.05) is 24.3 Å². The van der Waals surface area contributed by atoms with Gasteiger partial charge in [0.05, 0.1) is 41.7 Å². The Morgan fingerprint density at radius 1 is 0.649 bits per heavy atom. The molecule has 3 aromatic carbocycles. The van der Waals surface area contributed by atoms with Gasteiger partial charge in [-0.3, -0.25) is 9.80 Å². The maximum atomic E-state index is 11.2. The number of phenolic OH excluding ortho intramolecular Hbond substituents is 1. The minimum Gasteiger partial charge on any atom is -0.504 e. The summed E-state index contributed by atoms with van der Waals surface area (Å²) in [5, 5.41) is 11.2.